The summed E-state index contributed by atoms with van der Waals surface area (Å²) in [5.41, 5.74) is 1.43. The maximum Gasteiger partial charge on any atom is 0.251 e. The molecule has 4 rings (SSSR count). The number of aliphatic hydroxyl groups is 1. The topological polar surface area (TPSA) is 81.2 Å². The first-order chi connectivity index (χ1) is 18.2. The number of benzene rings is 1. The zero-order valence-electron chi connectivity index (χ0n) is 22.4. The van der Waals surface area contributed by atoms with Crippen molar-refractivity contribution in [3.05, 3.63) is 54.1 Å². The molecule has 38 heavy (non-hydrogen) atoms. The summed E-state index contributed by atoms with van der Waals surface area (Å²) in [4.78, 5) is 47.6. The molecule has 3 aliphatic heterocycles. The van der Waals surface area contributed by atoms with E-state index in [4.69, 9.17) is 11.6 Å². The van der Waals surface area contributed by atoms with Crippen LogP contribution < -0.4 is 4.90 Å². The number of likely N-dealkylation sites (tertiary alicyclic amines) is 1. The number of carbonyl (C=O) groups excluding carboxylic acids is 3. The van der Waals surface area contributed by atoms with Crippen molar-refractivity contribution in [3.63, 3.8) is 0 Å². The Kier molecular flexibility index (Phi) is 8.65. The molecule has 3 fully saturated rings. The van der Waals surface area contributed by atoms with Crippen LogP contribution in [0.2, 0.25) is 5.02 Å². The van der Waals surface area contributed by atoms with E-state index in [0.29, 0.717) is 30.2 Å². The molecule has 3 saturated heterocycles. The average Bonchev–Trinajstić information content (AvgIpc) is 3.54. The van der Waals surface area contributed by atoms with Gasteiger partial charge in [0.15, 0.2) is 0 Å². The van der Waals surface area contributed by atoms with Crippen LogP contribution in [-0.2, 0) is 14.4 Å². The molecular formula is C29H38ClN3O4S. The number of aryl methyl sites for hydroxylation is 1. The fraction of sp³-hybridized carbons (Fsp3) is 0.552. The van der Waals surface area contributed by atoms with Gasteiger partial charge in [-0.15, -0.1) is 24.9 Å². The van der Waals surface area contributed by atoms with Crippen molar-refractivity contribution in [3.8, 4) is 0 Å². The quantitative estimate of drug-likeness (QED) is 0.413. The minimum Gasteiger partial charge on any atom is -0.394 e. The van der Waals surface area contributed by atoms with Crippen LogP contribution in [0.3, 0.4) is 0 Å². The van der Waals surface area contributed by atoms with E-state index in [1.165, 1.54) is 0 Å². The molecule has 6 atom stereocenters. The highest BCUT2D eigenvalue weighted by molar-refractivity contribution is 8.02. The predicted octanol–water partition coefficient (Wildman–Crippen LogP) is 4.06. The fourth-order valence-electron chi connectivity index (χ4n) is 6.68. The first kappa shape index (κ1) is 28.7. The molecule has 1 aromatic rings. The molecular weight excluding hydrogens is 522 g/mol. The van der Waals surface area contributed by atoms with Gasteiger partial charge in [0.05, 0.1) is 39.9 Å². The maximum absolute atomic E-state index is 14.6. The summed E-state index contributed by atoms with van der Waals surface area (Å²) in [6, 6.07) is 4.07. The van der Waals surface area contributed by atoms with Crippen molar-refractivity contribution in [1.82, 2.24) is 9.80 Å². The Morgan fingerprint density at radius 2 is 2.00 bits per heavy atom. The van der Waals surface area contributed by atoms with E-state index in [2.05, 4.69) is 13.2 Å². The summed E-state index contributed by atoms with van der Waals surface area (Å²) in [7, 11) is 0. The molecule has 1 spiro atoms. The summed E-state index contributed by atoms with van der Waals surface area (Å²) < 4.78 is -0.747. The van der Waals surface area contributed by atoms with Gasteiger partial charge in [-0.2, -0.15) is 0 Å². The summed E-state index contributed by atoms with van der Waals surface area (Å²) >= 11 is 8.23. The molecule has 0 saturated carbocycles. The van der Waals surface area contributed by atoms with Crippen molar-refractivity contribution in [2.75, 3.05) is 31.1 Å². The molecule has 1 aromatic carbocycles. The van der Waals surface area contributed by atoms with Crippen LogP contribution in [0.15, 0.2) is 43.5 Å². The Balaban J connectivity index is 1.81. The number of anilines is 1. The van der Waals surface area contributed by atoms with Gasteiger partial charge in [0.2, 0.25) is 11.8 Å². The first-order valence-corrected chi connectivity index (χ1v) is 14.6. The fourth-order valence-corrected chi connectivity index (χ4v) is 9.19. The second-order valence-electron chi connectivity index (χ2n) is 10.5. The van der Waals surface area contributed by atoms with Gasteiger partial charge in [-0.3, -0.25) is 14.4 Å². The van der Waals surface area contributed by atoms with Crippen molar-refractivity contribution in [1.29, 1.82) is 0 Å². The number of rotatable bonds is 11. The Hall–Kier alpha value is -2.29. The minimum absolute atomic E-state index is 0.0302. The molecule has 0 aromatic heterocycles. The number of amides is 3. The zero-order chi connectivity index (χ0) is 27.8. The Morgan fingerprint density at radius 3 is 2.61 bits per heavy atom. The number of para-hydroxylation sites is 1. The summed E-state index contributed by atoms with van der Waals surface area (Å²) in [5, 5.41) is 10.6. The van der Waals surface area contributed by atoms with Gasteiger partial charge in [-0.25, -0.2) is 0 Å². The first-order valence-electron chi connectivity index (χ1n) is 13.4. The zero-order valence-corrected chi connectivity index (χ0v) is 24.0. The lowest BCUT2D eigenvalue weighted by Gasteiger charge is -2.39. The third-order valence-electron chi connectivity index (χ3n) is 8.19. The van der Waals surface area contributed by atoms with E-state index in [9.17, 15) is 19.5 Å². The molecule has 0 aliphatic carbocycles. The van der Waals surface area contributed by atoms with Gasteiger partial charge < -0.3 is 19.8 Å². The van der Waals surface area contributed by atoms with E-state index >= 15 is 0 Å². The van der Waals surface area contributed by atoms with Crippen LogP contribution in [0.25, 0.3) is 0 Å². The van der Waals surface area contributed by atoms with Crippen LogP contribution >= 0.6 is 23.4 Å². The molecule has 206 valence electrons. The highest BCUT2D eigenvalue weighted by Crippen LogP contribution is 2.67. The molecule has 3 amide bonds. The summed E-state index contributed by atoms with van der Waals surface area (Å²) in [5.74, 6) is -1.64. The van der Waals surface area contributed by atoms with E-state index in [1.54, 1.807) is 51.6 Å². The normalized spacial score (nSPS) is 28.2. The monoisotopic (exact) mass is 559 g/mol. The molecule has 7 nitrogen and oxygen atoms in total. The lowest BCUT2D eigenvalue weighted by Crippen LogP contribution is -2.57. The number of hydrogen-bond acceptors (Lipinski definition) is 5. The second-order valence-corrected chi connectivity index (χ2v) is 12.6. The highest BCUT2D eigenvalue weighted by Gasteiger charge is 2.74. The largest absolute Gasteiger partial charge is 0.394 e. The van der Waals surface area contributed by atoms with Gasteiger partial charge in [-0.1, -0.05) is 42.8 Å². The number of halogens is 1. The molecule has 3 heterocycles. The Bertz CT molecular complexity index is 1110. The van der Waals surface area contributed by atoms with E-state index < -0.39 is 28.7 Å². The van der Waals surface area contributed by atoms with Crippen molar-refractivity contribution in [2.24, 2.45) is 11.8 Å². The van der Waals surface area contributed by atoms with Crippen molar-refractivity contribution >= 4 is 46.8 Å². The van der Waals surface area contributed by atoms with Gasteiger partial charge in [-0.05, 0) is 44.7 Å². The van der Waals surface area contributed by atoms with Crippen LogP contribution in [0.1, 0.15) is 38.7 Å². The molecule has 3 aliphatic rings. The number of fused-ring (bicyclic) bond motifs is 1. The van der Waals surface area contributed by atoms with Crippen LogP contribution in [-0.4, -0.2) is 80.9 Å². The highest BCUT2D eigenvalue weighted by atomic mass is 35.5. The summed E-state index contributed by atoms with van der Waals surface area (Å²) in [6.45, 7) is 14.3. The number of thioether (sulfide) groups is 1. The van der Waals surface area contributed by atoms with E-state index in [-0.39, 0.29) is 36.1 Å². The third kappa shape index (κ3) is 4.48. The number of aliphatic hydroxyl groups excluding tert-OH is 1. The van der Waals surface area contributed by atoms with Crippen LogP contribution in [0.4, 0.5) is 5.69 Å². The number of carbonyl (C=O) groups is 3. The Morgan fingerprint density at radius 1 is 1.29 bits per heavy atom. The summed E-state index contributed by atoms with van der Waals surface area (Å²) in [6.07, 6.45) is 5.58. The van der Waals surface area contributed by atoms with Crippen LogP contribution in [0, 0.1) is 18.8 Å². The van der Waals surface area contributed by atoms with Crippen molar-refractivity contribution in [2.45, 2.75) is 62.1 Å². The van der Waals surface area contributed by atoms with Gasteiger partial charge in [0.1, 0.15) is 6.04 Å². The average molecular weight is 560 g/mol. The molecule has 2 bridgehead atoms. The Labute approximate surface area is 234 Å². The maximum atomic E-state index is 14.6. The molecule has 9 heteroatoms. The SMILES string of the molecule is C=CCN(CCC)C(=O)[C@@H]1[C@@H]2CCC3(S2)C(C(=O)N(CC=C)c2c(C)cccc2Cl)N([C@H](C)CO)C(=O)[C@H]13. The van der Waals surface area contributed by atoms with Gasteiger partial charge in [0, 0.05) is 24.9 Å². The third-order valence-corrected chi connectivity index (χ3v) is 10.4. The second kappa shape index (κ2) is 11.4. The minimum atomic E-state index is -0.829. The van der Waals surface area contributed by atoms with Crippen molar-refractivity contribution < 1.29 is 19.5 Å². The van der Waals surface area contributed by atoms with Gasteiger partial charge >= 0.3 is 0 Å². The molecule has 0 radical (unpaired) electrons. The van der Waals surface area contributed by atoms with Crippen LogP contribution in [0.5, 0.6) is 0 Å². The standard InChI is InChI=1S/C29H38ClN3O4S/c1-6-14-31(15-7-2)26(35)22-21-12-13-29(38-21)23(22)27(36)33(19(5)17-34)25(29)28(37)32(16-8-3)24-18(4)10-9-11-20(24)30/h6,8-11,19,21-23,25,34H,1,3,7,12-17H2,2,4-5H3/t19-,21+,22-,23+,25?,29?/m1/s1. The molecule has 1 N–H and O–H groups in total. The predicted molar refractivity (Wildman–Crippen MR) is 153 cm³/mol. The van der Waals surface area contributed by atoms with Gasteiger partial charge in [0.25, 0.3) is 5.91 Å². The van der Waals surface area contributed by atoms with E-state index in [0.717, 1.165) is 18.4 Å². The lowest BCUT2D eigenvalue weighted by molar-refractivity contribution is -0.145. The van der Waals surface area contributed by atoms with E-state index in [1.807, 2.05) is 26.0 Å². The number of nitrogens with zero attached hydrogens (tertiary/aromatic N) is 3. The number of hydrogen-bond donors (Lipinski definition) is 1. The molecule has 2 unspecified atom stereocenters. The lowest BCUT2D eigenvalue weighted by atomic mass is 9.70. The smallest absolute Gasteiger partial charge is 0.251 e.